The molecule has 5 heteroatoms. The molecule has 0 heterocycles. The zero-order valence-corrected chi connectivity index (χ0v) is 10.7. The third-order valence-corrected chi connectivity index (χ3v) is 2.58. The second kappa shape index (κ2) is 6.68. The number of aliphatic hydroxyl groups is 1. The Morgan fingerprint density at radius 2 is 1.75 bits per heavy atom. The molecule has 4 nitrogen and oxygen atoms in total. The Labute approximate surface area is 115 Å². The average molecular weight is 275 g/mol. The number of anilines is 1. The Balaban J connectivity index is 1.99. The van der Waals surface area contributed by atoms with Gasteiger partial charge in [-0.15, -0.1) is 0 Å². The molecule has 0 aliphatic heterocycles. The van der Waals surface area contributed by atoms with Gasteiger partial charge in [0.15, 0.2) is 0 Å². The molecule has 0 fully saturated rings. The summed E-state index contributed by atoms with van der Waals surface area (Å²) in [6, 6.07) is 12.1. The highest BCUT2D eigenvalue weighted by Gasteiger charge is 2.06. The van der Waals surface area contributed by atoms with Crippen molar-refractivity contribution in [3.63, 3.8) is 0 Å². The van der Waals surface area contributed by atoms with Crippen LogP contribution in [0.1, 0.15) is 10.4 Å². The number of hydrogen-bond acceptors (Lipinski definition) is 3. The fourth-order valence-electron chi connectivity index (χ4n) is 1.60. The highest BCUT2D eigenvalue weighted by Crippen LogP contribution is 2.16. The van der Waals surface area contributed by atoms with Gasteiger partial charge in [-0.2, -0.15) is 0 Å². The van der Waals surface area contributed by atoms with Gasteiger partial charge in [0.25, 0.3) is 5.91 Å². The first-order valence-corrected chi connectivity index (χ1v) is 6.09. The maximum absolute atomic E-state index is 12.8. The number of hydrogen-bond donors (Lipinski definition) is 2. The lowest BCUT2D eigenvalue weighted by molar-refractivity contribution is 0.102. The van der Waals surface area contributed by atoms with E-state index in [-0.39, 0.29) is 24.9 Å². The summed E-state index contributed by atoms with van der Waals surface area (Å²) in [6.07, 6.45) is 0. The molecule has 0 saturated heterocycles. The molecular formula is C15H14FNO3. The van der Waals surface area contributed by atoms with Gasteiger partial charge in [0.05, 0.1) is 6.61 Å². The van der Waals surface area contributed by atoms with E-state index in [1.165, 1.54) is 24.3 Å². The molecule has 0 saturated carbocycles. The number of ether oxygens (including phenoxy) is 1. The summed E-state index contributed by atoms with van der Waals surface area (Å²) in [5, 5.41) is 11.3. The van der Waals surface area contributed by atoms with Gasteiger partial charge < -0.3 is 15.2 Å². The van der Waals surface area contributed by atoms with Crippen molar-refractivity contribution in [2.45, 2.75) is 0 Å². The molecule has 0 spiro atoms. The van der Waals surface area contributed by atoms with Gasteiger partial charge in [-0.05, 0) is 48.5 Å². The molecule has 2 rings (SSSR count). The van der Waals surface area contributed by atoms with E-state index < -0.39 is 0 Å². The van der Waals surface area contributed by atoms with Crippen molar-refractivity contribution in [2.75, 3.05) is 18.5 Å². The summed E-state index contributed by atoms with van der Waals surface area (Å²) >= 11 is 0. The number of nitrogens with one attached hydrogen (secondary N) is 1. The fraction of sp³-hybridized carbons (Fsp3) is 0.133. The number of carbonyl (C=O) groups is 1. The lowest BCUT2D eigenvalue weighted by Crippen LogP contribution is -2.11. The summed E-state index contributed by atoms with van der Waals surface area (Å²) in [6.45, 7) is 0.171. The molecule has 0 aromatic heterocycles. The molecular weight excluding hydrogens is 261 g/mol. The number of rotatable bonds is 5. The van der Waals surface area contributed by atoms with Gasteiger partial charge >= 0.3 is 0 Å². The van der Waals surface area contributed by atoms with Crippen LogP contribution in [0.3, 0.4) is 0 Å². The van der Waals surface area contributed by atoms with Crippen LogP contribution in [0.4, 0.5) is 10.1 Å². The van der Waals surface area contributed by atoms with E-state index in [1.54, 1.807) is 24.3 Å². The van der Waals surface area contributed by atoms with Crippen molar-refractivity contribution in [1.29, 1.82) is 0 Å². The molecule has 0 aliphatic rings. The quantitative estimate of drug-likeness (QED) is 0.881. The topological polar surface area (TPSA) is 58.6 Å². The van der Waals surface area contributed by atoms with Crippen molar-refractivity contribution < 1.29 is 19.0 Å². The maximum atomic E-state index is 12.8. The molecule has 0 atom stereocenters. The number of aliphatic hydroxyl groups excluding tert-OH is 1. The van der Waals surface area contributed by atoms with Gasteiger partial charge in [0.2, 0.25) is 0 Å². The maximum Gasteiger partial charge on any atom is 0.255 e. The van der Waals surface area contributed by atoms with Crippen LogP contribution < -0.4 is 10.1 Å². The van der Waals surface area contributed by atoms with Crippen molar-refractivity contribution >= 4 is 11.6 Å². The monoisotopic (exact) mass is 275 g/mol. The van der Waals surface area contributed by atoms with Gasteiger partial charge in [-0.3, -0.25) is 4.79 Å². The van der Waals surface area contributed by atoms with E-state index in [0.717, 1.165) is 0 Å². The van der Waals surface area contributed by atoms with E-state index in [0.29, 0.717) is 17.0 Å². The Morgan fingerprint density at radius 1 is 1.10 bits per heavy atom. The van der Waals surface area contributed by atoms with Gasteiger partial charge in [0.1, 0.15) is 18.2 Å². The summed E-state index contributed by atoms with van der Waals surface area (Å²) < 4.78 is 18.0. The molecule has 2 N–H and O–H groups in total. The van der Waals surface area contributed by atoms with Crippen LogP contribution in [0, 0.1) is 5.82 Å². The van der Waals surface area contributed by atoms with Crippen LogP contribution in [0.2, 0.25) is 0 Å². The third kappa shape index (κ3) is 3.80. The zero-order chi connectivity index (χ0) is 14.4. The molecule has 0 bridgehead atoms. The molecule has 0 unspecified atom stereocenters. The first kappa shape index (κ1) is 14.0. The highest BCUT2D eigenvalue weighted by molar-refractivity contribution is 6.04. The summed E-state index contributed by atoms with van der Waals surface area (Å²) in [5.74, 6) is -0.0835. The Hall–Kier alpha value is -2.40. The SMILES string of the molecule is O=C(Nc1ccc(OCCO)cc1)c1ccc(F)cc1. The average Bonchev–Trinajstić information content (AvgIpc) is 2.47. The zero-order valence-electron chi connectivity index (χ0n) is 10.7. The largest absolute Gasteiger partial charge is 0.491 e. The second-order valence-corrected chi connectivity index (χ2v) is 4.06. The van der Waals surface area contributed by atoms with Crippen LogP contribution in [0.5, 0.6) is 5.75 Å². The van der Waals surface area contributed by atoms with E-state index in [4.69, 9.17) is 9.84 Å². The molecule has 0 aliphatic carbocycles. The van der Waals surface area contributed by atoms with Crippen LogP contribution in [-0.2, 0) is 0 Å². The summed E-state index contributed by atoms with van der Waals surface area (Å²) in [5.41, 5.74) is 0.989. The van der Waals surface area contributed by atoms with Crippen LogP contribution in [-0.4, -0.2) is 24.2 Å². The van der Waals surface area contributed by atoms with E-state index in [2.05, 4.69) is 5.32 Å². The van der Waals surface area contributed by atoms with Crippen LogP contribution in [0.15, 0.2) is 48.5 Å². The van der Waals surface area contributed by atoms with E-state index in [9.17, 15) is 9.18 Å². The van der Waals surface area contributed by atoms with Gasteiger partial charge in [-0.25, -0.2) is 4.39 Å². The smallest absolute Gasteiger partial charge is 0.255 e. The lowest BCUT2D eigenvalue weighted by atomic mass is 10.2. The predicted molar refractivity (Wildman–Crippen MR) is 73.4 cm³/mol. The summed E-state index contributed by atoms with van der Waals surface area (Å²) in [4.78, 5) is 11.9. The Morgan fingerprint density at radius 3 is 2.35 bits per heavy atom. The molecule has 2 aromatic rings. The van der Waals surface area contributed by atoms with Crippen molar-refractivity contribution in [2.24, 2.45) is 0 Å². The number of amides is 1. The highest BCUT2D eigenvalue weighted by atomic mass is 19.1. The molecule has 2 aromatic carbocycles. The van der Waals surface area contributed by atoms with Gasteiger partial charge in [0, 0.05) is 11.3 Å². The first-order chi connectivity index (χ1) is 9.69. The van der Waals surface area contributed by atoms with E-state index in [1.807, 2.05) is 0 Å². The molecule has 104 valence electrons. The van der Waals surface area contributed by atoms with E-state index >= 15 is 0 Å². The molecule has 0 radical (unpaired) electrons. The predicted octanol–water partition coefficient (Wildman–Crippen LogP) is 2.45. The third-order valence-electron chi connectivity index (χ3n) is 2.58. The second-order valence-electron chi connectivity index (χ2n) is 4.06. The standard InChI is InChI=1S/C15H14FNO3/c16-12-3-1-11(2-4-12)15(19)17-13-5-7-14(8-6-13)20-10-9-18/h1-8,18H,9-10H2,(H,17,19). The fourth-order valence-corrected chi connectivity index (χ4v) is 1.60. The van der Waals surface area contributed by atoms with Crippen molar-refractivity contribution in [3.05, 3.63) is 59.9 Å². The number of carbonyl (C=O) groups excluding carboxylic acids is 1. The van der Waals surface area contributed by atoms with Gasteiger partial charge in [-0.1, -0.05) is 0 Å². The first-order valence-electron chi connectivity index (χ1n) is 6.09. The number of halogens is 1. The van der Waals surface area contributed by atoms with Crippen LogP contribution in [0.25, 0.3) is 0 Å². The lowest BCUT2D eigenvalue weighted by Gasteiger charge is -2.07. The Kier molecular flexibility index (Phi) is 4.68. The van der Waals surface area contributed by atoms with Crippen molar-refractivity contribution in [1.82, 2.24) is 0 Å². The van der Waals surface area contributed by atoms with Crippen LogP contribution >= 0.6 is 0 Å². The normalized spacial score (nSPS) is 10.1. The Bertz CT molecular complexity index is 567. The minimum atomic E-state index is -0.382. The minimum absolute atomic E-state index is 0.0525. The minimum Gasteiger partial charge on any atom is -0.491 e. The summed E-state index contributed by atoms with van der Waals surface area (Å²) in [7, 11) is 0. The molecule has 1 amide bonds. The number of benzene rings is 2. The molecule has 20 heavy (non-hydrogen) atoms. The van der Waals surface area contributed by atoms with Crippen molar-refractivity contribution in [3.8, 4) is 5.75 Å².